The number of aryl methyl sites for hydroxylation is 1. The van der Waals surface area contributed by atoms with Crippen LogP contribution in [0, 0.1) is 6.92 Å². The quantitative estimate of drug-likeness (QED) is 0.462. The Balaban J connectivity index is 2.03. The first kappa shape index (κ1) is 12.9. The average Bonchev–Trinajstić information content (AvgIpc) is 2.45. The Labute approximate surface area is 111 Å². The van der Waals surface area contributed by atoms with Gasteiger partial charge in [-0.05, 0) is 30.2 Å². The minimum atomic E-state index is 0.260. The molecule has 0 radical (unpaired) electrons. The molecule has 1 aromatic carbocycles. The predicted molar refractivity (Wildman–Crippen MR) is 72.6 cm³/mol. The zero-order valence-electron chi connectivity index (χ0n) is 10.7. The number of benzene rings is 1. The lowest BCUT2D eigenvalue weighted by Gasteiger charge is -2.09. The van der Waals surface area contributed by atoms with Crippen LogP contribution >= 0.6 is 0 Å². The highest BCUT2D eigenvalue weighted by Crippen LogP contribution is 2.18. The molecule has 0 bridgehead atoms. The maximum atomic E-state index is 8.27. The molecule has 0 amide bonds. The standard InChI is InChI=1S/C14H14N4O/c1-11-14(8-7-13(17-11)9-16-18-15)19-10-12-5-3-2-4-6-12/h2-8H,9-10H2,1H3. The summed E-state index contributed by atoms with van der Waals surface area (Å²) in [6.45, 7) is 2.65. The zero-order chi connectivity index (χ0) is 13.5. The highest BCUT2D eigenvalue weighted by atomic mass is 16.5. The van der Waals surface area contributed by atoms with Crippen molar-refractivity contribution < 1.29 is 4.74 Å². The van der Waals surface area contributed by atoms with E-state index in [0.717, 1.165) is 22.7 Å². The van der Waals surface area contributed by atoms with E-state index in [4.69, 9.17) is 10.3 Å². The fourth-order valence-corrected chi connectivity index (χ4v) is 1.68. The Morgan fingerprint density at radius 3 is 2.68 bits per heavy atom. The van der Waals surface area contributed by atoms with Crippen LogP contribution in [0.25, 0.3) is 10.4 Å². The van der Waals surface area contributed by atoms with E-state index in [9.17, 15) is 0 Å². The van der Waals surface area contributed by atoms with E-state index in [1.165, 1.54) is 0 Å². The summed E-state index contributed by atoms with van der Waals surface area (Å²) in [5, 5.41) is 3.48. The van der Waals surface area contributed by atoms with Gasteiger partial charge in [0.05, 0.1) is 12.2 Å². The Bertz CT molecular complexity index is 592. The third-order valence-electron chi connectivity index (χ3n) is 2.63. The Morgan fingerprint density at radius 1 is 1.21 bits per heavy atom. The Morgan fingerprint density at radius 2 is 2.00 bits per heavy atom. The van der Waals surface area contributed by atoms with Gasteiger partial charge in [-0.1, -0.05) is 35.4 Å². The van der Waals surface area contributed by atoms with E-state index >= 15 is 0 Å². The molecule has 0 aliphatic heterocycles. The van der Waals surface area contributed by atoms with Gasteiger partial charge in [0.15, 0.2) is 0 Å². The van der Waals surface area contributed by atoms with Gasteiger partial charge in [0.25, 0.3) is 0 Å². The van der Waals surface area contributed by atoms with Crippen molar-refractivity contribution in [1.29, 1.82) is 0 Å². The molecule has 0 aliphatic carbocycles. The van der Waals surface area contributed by atoms with Crippen molar-refractivity contribution >= 4 is 0 Å². The van der Waals surface area contributed by atoms with Crippen LogP contribution in [0.15, 0.2) is 47.6 Å². The molecule has 19 heavy (non-hydrogen) atoms. The summed E-state index contributed by atoms with van der Waals surface area (Å²) >= 11 is 0. The summed E-state index contributed by atoms with van der Waals surface area (Å²) in [4.78, 5) is 7.05. The van der Waals surface area contributed by atoms with Gasteiger partial charge in [0, 0.05) is 10.6 Å². The Hall–Kier alpha value is -2.52. The molecule has 2 rings (SSSR count). The highest BCUT2D eigenvalue weighted by molar-refractivity contribution is 5.29. The maximum Gasteiger partial charge on any atom is 0.141 e. The third kappa shape index (κ3) is 3.72. The molecule has 0 atom stereocenters. The van der Waals surface area contributed by atoms with Crippen LogP contribution in [-0.2, 0) is 13.2 Å². The van der Waals surface area contributed by atoms with Gasteiger partial charge >= 0.3 is 0 Å². The average molecular weight is 254 g/mol. The number of rotatable bonds is 5. The van der Waals surface area contributed by atoms with Crippen molar-refractivity contribution in [2.45, 2.75) is 20.1 Å². The molecule has 0 saturated carbocycles. The first-order valence-electron chi connectivity index (χ1n) is 5.93. The number of hydrogen-bond donors (Lipinski definition) is 0. The second kappa shape index (κ2) is 6.42. The first-order valence-corrected chi connectivity index (χ1v) is 5.93. The summed E-state index contributed by atoms with van der Waals surface area (Å²) < 4.78 is 5.72. The van der Waals surface area contributed by atoms with Crippen molar-refractivity contribution in [1.82, 2.24) is 4.98 Å². The molecule has 1 aromatic heterocycles. The first-order chi connectivity index (χ1) is 9.29. The van der Waals surface area contributed by atoms with E-state index in [-0.39, 0.29) is 6.54 Å². The van der Waals surface area contributed by atoms with Gasteiger partial charge in [0.2, 0.25) is 0 Å². The third-order valence-corrected chi connectivity index (χ3v) is 2.63. The molecule has 0 fully saturated rings. The van der Waals surface area contributed by atoms with E-state index in [1.807, 2.05) is 49.4 Å². The molecular formula is C14H14N4O. The molecule has 0 spiro atoms. The van der Waals surface area contributed by atoms with Crippen LogP contribution in [0.1, 0.15) is 17.0 Å². The predicted octanol–water partition coefficient (Wildman–Crippen LogP) is 3.78. The van der Waals surface area contributed by atoms with Crippen molar-refractivity contribution in [3.8, 4) is 5.75 Å². The van der Waals surface area contributed by atoms with Crippen LogP contribution in [0.4, 0.5) is 0 Å². The molecule has 1 heterocycles. The normalized spacial score (nSPS) is 9.74. The largest absolute Gasteiger partial charge is 0.487 e. The number of ether oxygens (including phenoxy) is 1. The van der Waals surface area contributed by atoms with Gasteiger partial charge in [0.1, 0.15) is 12.4 Å². The van der Waals surface area contributed by atoms with Crippen molar-refractivity contribution in [3.63, 3.8) is 0 Å². The summed E-state index contributed by atoms with van der Waals surface area (Å²) in [5.74, 6) is 0.744. The van der Waals surface area contributed by atoms with Crippen molar-refractivity contribution in [2.24, 2.45) is 5.11 Å². The Kier molecular flexibility index (Phi) is 4.37. The van der Waals surface area contributed by atoms with Crippen LogP contribution in [-0.4, -0.2) is 4.98 Å². The minimum Gasteiger partial charge on any atom is -0.487 e. The molecule has 2 aromatic rings. The smallest absolute Gasteiger partial charge is 0.141 e. The second-order valence-corrected chi connectivity index (χ2v) is 4.05. The summed E-state index contributed by atoms with van der Waals surface area (Å²) in [6, 6.07) is 13.6. The lowest BCUT2D eigenvalue weighted by atomic mass is 10.2. The zero-order valence-corrected chi connectivity index (χ0v) is 10.7. The van der Waals surface area contributed by atoms with E-state index < -0.39 is 0 Å². The fraction of sp³-hybridized carbons (Fsp3) is 0.214. The van der Waals surface area contributed by atoms with Crippen LogP contribution < -0.4 is 4.74 Å². The number of aromatic nitrogens is 1. The van der Waals surface area contributed by atoms with E-state index in [1.54, 1.807) is 0 Å². The van der Waals surface area contributed by atoms with E-state index in [0.29, 0.717) is 6.61 Å². The van der Waals surface area contributed by atoms with Crippen LogP contribution in [0.5, 0.6) is 5.75 Å². The molecule has 5 heteroatoms. The number of nitrogens with zero attached hydrogens (tertiary/aromatic N) is 4. The van der Waals surface area contributed by atoms with Crippen molar-refractivity contribution in [2.75, 3.05) is 0 Å². The van der Waals surface area contributed by atoms with E-state index in [2.05, 4.69) is 15.0 Å². The second-order valence-electron chi connectivity index (χ2n) is 4.05. The van der Waals surface area contributed by atoms with Gasteiger partial charge < -0.3 is 4.74 Å². The summed E-state index contributed by atoms with van der Waals surface area (Å²) in [5.41, 5.74) is 10.9. The topological polar surface area (TPSA) is 70.9 Å². The molecule has 0 unspecified atom stereocenters. The summed E-state index contributed by atoms with van der Waals surface area (Å²) in [6.07, 6.45) is 0. The van der Waals surface area contributed by atoms with Gasteiger partial charge in [-0.15, -0.1) is 0 Å². The van der Waals surface area contributed by atoms with Gasteiger partial charge in [-0.3, -0.25) is 4.98 Å². The molecule has 5 nitrogen and oxygen atoms in total. The number of hydrogen-bond acceptors (Lipinski definition) is 3. The monoisotopic (exact) mass is 254 g/mol. The number of pyridine rings is 1. The van der Waals surface area contributed by atoms with Gasteiger partial charge in [-0.25, -0.2) is 0 Å². The SMILES string of the molecule is Cc1nc(CN=[N+]=[N-])ccc1OCc1ccccc1. The molecular weight excluding hydrogens is 240 g/mol. The molecule has 0 N–H and O–H groups in total. The highest BCUT2D eigenvalue weighted by Gasteiger charge is 2.03. The lowest BCUT2D eigenvalue weighted by Crippen LogP contribution is -1.99. The van der Waals surface area contributed by atoms with Crippen LogP contribution in [0.3, 0.4) is 0 Å². The fourth-order valence-electron chi connectivity index (χ4n) is 1.68. The maximum absolute atomic E-state index is 8.27. The molecule has 0 saturated heterocycles. The molecule has 0 aliphatic rings. The van der Waals surface area contributed by atoms with Crippen molar-refractivity contribution in [3.05, 3.63) is 69.9 Å². The number of azide groups is 1. The minimum absolute atomic E-state index is 0.260. The summed E-state index contributed by atoms with van der Waals surface area (Å²) in [7, 11) is 0. The van der Waals surface area contributed by atoms with Gasteiger partial charge in [-0.2, -0.15) is 0 Å². The lowest BCUT2D eigenvalue weighted by molar-refractivity contribution is 0.302. The van der Waals surface area contributed by atoms with Crippen LogP contribution in [0.2, 0.25) is 0 Å². The molecule has 96 valence electrons.